The Bertz CT molecular complexity index is 1330. The molecule has 2 aromatic rings. The van der Waals surface area contributed by atoms with Crippen molar-refractivity contribution in [2.75, 3.05) is 65.6 Å². The van der Waals surface area contributed by atoms with Crippen molar-refractivity contribution in [3.63, 3.8) is 0 Å². The predicted octanol–water partition coefficient (Wildman–Crippen LogP) is 4.18. The lowest BCUT2D eigenvalue weighted by atomic mass is 9.84. The molecule has 44 heavy (non-hydrogen) atoms. The van der Waals surface area contributed by atoms with E-state index < -0.39 is 17.9 Å². The first-order valence-corrected chi connectivity index (χ1v) is 15.7. The number of carboxylic acid groups (broad SMARTS) is 1. The molecule has 2 aliphatic rings. The summed E-state index contributed by atoms with van der Waals surface area (Å²) in [6, 6.07) is 13.3. The maximum Gasteiger partial charge on any atom is 0.308 e. The van der Waals surface area contributed by atoms with Gasteiger partial charge in [-0.15, -0.1) is 0 Å². The van der Waals surface area contributed by atoms with Gasteiger partial charge in [-0.2, -0.15) is 0 Å². The van der Waals surface area contributed by atoms with E-state index in [9.17, 15) is 19.5 Å². The van der Waals surface area contributed by atoms with Crippen LogP contribution in [-0.2, 0) is 20.9 Å². The van der Waals surface area contributed by atoms with Crippen LogP contribution in [0.4, 0.5) is 5.69 Å². The van der Waals surface area contributed by atoms with Gasteiger partial charge in [-0.1, -0.05) is 31.5 Å². The molecule has 2 aromatic carbocycles. The van der Waals surface area contributed by atoms with E-state index in [0.29, 0.717) is 44.1 Å². The number of nitrogens with zero attached hydrogens (tertiary/aromatic N) is 4. The van der Waals surface area contributed by atoms with Gasteiger partial charge in [-0.05, 0) is 49.6 Å². The van der Waals surface area contributed by atoms with E-state index in [1.54, 1.807) is 4.90 Å². The number of carbonyl (C=O) groups excluding carboxylic acids is 2. The van der Waals surface area contributed by atoms with Crippen molar-refractivity contribution in [2.24, 2.45) is 5.92 Å². The van der Waals surface area contributed by atoms with Crippen LogP contribution in [0.5, 0.6) is 11.5 Å². The molecule has 2 aliphatic heterocycles. The van der Waals surface area contributed by atoms with Gasteiger partial charge in [0.1, 0.15) is 6.54 Å². The second kappa shape index (κ2) is 14.4. The molecule has 0 saturated carbocycles. The lowest BCUT2D eigenvalue weighted by Crippen LogP contribution is -2.46. The molecule has 3 atom stereocenters. The number of quaternary nitrogens is 1. The molecule has 1 fully saturated rings. The maximum absolute atomic E-state index is 14.2. The van der Waals surface area contributed by atoms with E-state index in [2.05, 4.69) is 40.2 Å². The number of likely N-dealkylation sites (tertiary alicyclic amines) is 1. The molecule has 2 heterocycles. The Balaban J connectivity index is 1.65. The minimum Gasteiger partial charge on any atom is -0.481 e. The van der Waals surface area contributed by atoms with Crippen molar-refractivity contribution in [3.05, 3.63) is 53.6 Å². The summed E-state index contributed by atoms with van der Waals surface area (Å²) >= 11 is 0. The van der Waals surface area contributed by atoms with Crippen LogP contribution in [0.3, 0.4) is 0 Å². The summed E-state index contributed by atoms with van der Waals surface area (Å²) in [6.07, 6.45) is 2.25. The average Bonchev–Trinajstić information content (AvgIpc) is 3.57. The first-order chi connectivity index (χ1) is 20.9. The second-order valence-electron chi connectivity index (χ2n) is 13.0. The first-order valence-electron chi connectivity index (χ1n) is 15.7. The van der Waals surface area contributed by atoms with Gasteiger partial charge in [0, 0.05) is 56.3 Å². The van der Waals surface area contributed by atoms with E-state index >= 15 is 0 Å². The van der Waals surface area contributed by atoms with E-state index in [1.807, 2.05) is 47.1 Å². The Morgan fingerprint density at radius 1 is 1.02 bits per heavy atom. The third kappa shape index (κ3) is 8.09. The zero-order valence-electron chi connectivity index (χ0n) is 27.1. The van der Waals surface area contributed by atoms with Crippen molar-refractivity contribution in [1.82, 2.24) is 9.80 Å². The number of rotatable bonds is 14. The quantitative estimate of drug-likeness (QED) is 0.321. The topological polar surface area (TPSA) is 99.6 Å². The maximum atomic E-state index is 14.2. The molecule has 0 aromatic heterocycles. The van der Waals surface area contributed by atoms with Crippen LogP contribution >= 0.6 is 0 Å². The number of amides is 2. The average molecular weight is 610 g/mol. The number of benzene rings is 2. The van der Waals surface area contributed by atoms with Crippen LogP contribution in [0.25, 0.3) is 0 Å². The van der Waals surface area contributed by atoms with Gasteiger partial charge in [0.2, 0.25) is 18.6 Å². The van der Waals surface area contributed by atoms with E-state index in [4.69, 9.17) is 9.47 Å². The molecule has 10 heteroatoms. The number of carboxylic acids is 1. The summed E-state index contributed by atoms with van der Waals surface area (Å²) in [5, 5.41) is 10.6. The highest BCUT2D eigenvalue weighted by Gasteiger charge is 2.47. The molecular formula is C34H49N4O6+. The number of aliphatic carboxylic acids is 1. The molecule has 4 rings (SSSR count). The van der Waals surface area contributed by atoms with Crippen molar-refractivity contribution in [2.45, 2.75) is 58.5 Å². The van der Waals surface area contributed by atoms with Crippen LogP contribution in [0.15, 0.2) is 42.5 Å². The zero-order chi connectivity index (χ0) is 32.0. The van der Waals surface area contributed by atoms with Crippen LogP contribution in [-0.4, -0.2) is 104 Å². The fourth-order valence-corrected chi connectivity index (χ4v) is 6.50. The highest BCUT2D eigenvalue weighted by Crippen LogP contribution is 2.43. The fraction of sp³-hybridized carbons (Fsp3) is 0.559. The van der Waals surface area contributed by atoms with Gasteiger partial charge in [-0.25, -0.2) is 0 Å². The van der Waals surface area contributed by atoms with Crippen molar-refractivity contribution < 1.29 is 33.4 Å². The van der Waals surface area contributed by atoms with Crippen molar-refractivity contribution >= 4 is 23.5 Å². The number of hydrogen-bond acceptors (Lipinski definition) is 6. The minimum absolute atomic E-state index is 0.0492. The molecule has 1 N–H and O–H groups in total. The minimum atomic E-state index is -0.908. The molecule has 0 aliphatic carbocycles. The number of hydrogen-bond donors (Lipinski definition) is 1. The Hall–Kier alpha value is -3.63. The Morgan fingerprint density at radius 2 is 1.77 bits per heavy atom. The molecule has 240 valence electrons. The van der Waals surface area contributed by atoms with E-state index in [0.717, 1.165) is 40.7 Å². The summed E-state index contributed by atoms with van der Waals surface area (Å²) in [5.41, 5.74) is 2.86. The molecule has 0 bridgehead atoms. The van der Waals surface area contributed by atoms with Gasteiger partial charge in [0.25, 0.3) is 0 Å². The highest BCUT2D eigenvalue weighted by molar-refractivity contribution is 5.95. The van der Waals surface area contributed by atoms with Crippen LogP contribution in [0.2, 0.25) is 0 Å². The Kier molecular flexibility index (Phi) is 10.9. The molecular weight excluding hydrogens is 560 g/mol. The highest BCUT2D eigenvalue weighted by atomic mass is 16.7. The van der Waals surface area contributed by atoms with Crippen molar-refractivity contribution in [1.29, 1.82) is 0 Å². The number of ether oxygens (including phenoxy) is 2. The van der Waals surface area contributed by atoms with Crippen LogP contribution in [0, 0.1) is 5.92 Å². The fourth-order valence-electron chi connectivity index (χ4n) is 6.50. The standard InChI is InChI=1S/C34H48N4O6/c1-7-9-16-37(27-12-10-11-25(18-27)22-38(4,5)6)32(40)21-36-20-28(26-13-14-30-31(19-26)44-23-43-30)33(34(41)42)29(36)15-17-35(8-2)24(3)39/h10-14,18-19,28-29,33H,7-9,15-17,20-23H2,1-6H3/p+1/t28-,29+,33?/m1/s1. The van der Waals surface area contributed by atoms with E-state index in [1.165, 1.54) is 6.92 Å². The lowest BCUT2D eigenvalue weighted by molar-refractivity contribution is -0.884. The summed E-state index contributed by atoms with van der Waals surface area (Å²) in [7, 11) is 6.42. The Labute approximate surface area is 261 Å². The number of unbranched alkanes of at least 4 members (excludes halogenated alkanes) is 1. The third-order valence-electron chi connectivity index (χ3n) is 8.63. The lowest BCUT2D eigenvalue weighted by Gasteiger charge is -2.31. The SMILES string of the molecule is CCCCN(C(=O)CN1C[C@H](c2ccc3c(c2)OCO3)C(C(=O)O)[C@@H]1CCN(CC)C(C)=O)c1cccc(C[N+](C)(C)C)c1. The number of anilines is 1. The van der Waals surface area contributed by atoms with Crippen LogP contribution < -0.4 is 14.4 Å². The zero-order valence-corrected chi connectivity index (χ0v) is 27.1. The van der Waals surface area contributed by atoms with E-state index in [-0.39, 0.29) is 31.1 Å². The predicted molar refractivity (Wildman–Crippen MR) is 170 cm³/mol. The summed E-state index contributed by atoms with van der Waals surface area (Å²) in [6.45, 7) is 8.56. The van der Waals surface area contributed by atoms with Gasteiger partial charge in [0.05, 0.1) is 33.6 Å². The molecule has 1 saturated heterocycles. The summed E-state index contributed by atoms with van der Waals surface area (Å²) in [4.78, 5) is 44.9. The van der Waals surface area contributed by atoms with Crippen molar-refractivity contribution in [3.8, 4) is 11.5 Å². The molecule has 10 nitrogen and oxygen atoms in total. The largest absolute Gasteiger partial charge is 0.481 e. The number of fused-ring (bicyclic) bond motifs is 1. The molecule has 2 amide bonds. The monoisotopic (exact) mass is 609 g/mol. The third-order valence-corrected chi connectivity index (χ3v) is 8.63. The van der Waals surface area contributed by atoms with Gasteiger partial charge in [0.15, 0.2) is 11.5 Å². The van der Waals surface area contributed by atoms with Gasteiger partial charge < -0.3 is 28.9 Å². The normalized spacial score (nSPS) is 19.6. The summed E-state index contributed by atoms with van der Waals surface area (Å²) in [5.74, 6) is -0.886. The summed E-state index contributed by atoms with van der Waals surface area (Å²) < 4.78 is 11.9. The molecule has 0 spiro atoms. The van der Waals surface area contributed by atoms with Crippen LogP contribution in [0.1, 0.15) is 57.1 Å². The first kappa shape index (κ1) is 33.3. The number of carbonyl (C=O) groups is 3. The second-order valence-corrected chi connectivity index (χ2v) is 13.0. The Morgan fingerprint density at radius 3 is 2.43 bits per heavy atom. The van der Waals surface area contributed by atoms with Gasteiger partial charge in [-0.3, -0.25) is 19.3 Å². The molecule has 1 unspecified atom stereocenters. The smallest absolute Gasteiger partial charge is 0.308 e. The van der Waals surface area contributed by atoms with Gasteiger partial charge >= 0.3 is 5.97 Å². The molecule has 0 radical (unpaired) electrons.